The summed E-state index contributed by atoms with van der Waals surface area (Å²) in [5.41, 5.74) is 1.84. The predicted molar refractivity (Wildman–Crippen MR) is 56.8 cm³/mol. The quantitative estimate of drug-likeness (QED) is 0.827. The molecule has 0 radical (unpaired) electrons. The molecule has 0 aliphatic heterocycles. The Kier molecular flexibility index (Phi) is 3.08. The Labute approximate surface area is 91.4 Å². The molecule has 0 atom stereocenters. The SMILES string of the molecule is Cc1csc(Cn2cc(CCO)nn2)n1. The Balaban J connectivity index is 2.04. The zero-order chi connectivity index (χ0) is 10.7. The Morgan fingerprint density at radius 3 is 3.07 bits per heavy atom. The van der Waals surface area contributed by atoms with Crippen LogP contribution in [0.25, 0.3) is 0 Å². The molecule has 2 aromatic rings. The molecule has 0 spiro atoms. The first-order valence-electron chi connectivity index (χ1n) is 4.69. The van der Waals surface area contributed by atoms with Crippen LogP contribution >= 0.6 is 11.3 Å². The van der Waals surface area contributed by atoms with Gasteiger partial charge in [-0.3, -0.25) is 0 Å². The van der Waals surface area contributed by atoms with Crippen molar-refractivity contribution in [1.29, 1.82) is 0 Å². The van der Waals surface area contributed by atoms with Crippen LogP contribution in [-0.4, -0.2) is 31.7 Å². The molecule has 0 unspecified atom stereocenters. The average molecular weight is 224 g/mol. The van der Waals surface area contributed by atoms with Crippen LogP contribution in [0, 0.1) is 6.92 Å². The summed E-state index contributed by atoms with van der Waals surface area (Å²) in [6.45, 7) is 2.73. The van der Waals surface area contributed by atoms with E-state index in [1.807, 2.05) is 18.5 Å². The van der Waals surface area contributed by atoms with Crippen LogP contribution in [0.5, 0.6) is 0 Å². The molecule has 0 aliphatic carbocycles. The summed E-state index contributed by atoms with van der Waals surface area (Å²) in [7, 11) is 0. The van der Waals surface area contributed by atoms with Gasteiger partial charge in [-0.15, -0.1) is 16.4 Å². The molecule has 0 aromatic carbocycles. The van der Waals surface area contributed by atoms with Gasteiger partial charge in [0.15, 0.2) is 0 Å². The van der Waals surface area contributed by atoms with Gasteiger partial charge in [0.2, 0.25) is 0 Å². The Hall–Kier alpha value is -1.27. The van der Waals surface area contributed by atoms with Crippen LogP contribution < -0.4 is 0 Å². The lowest BCUT2D eigenvalue weighted by atomic mass is 10.3. The van der Waals surface area contributed by atoms with Gasteiger partial charge in [0.05, 0.1) is 12.2 Å². The highest BCUT2D eigenvalue weighted by atomic mass is 32.1. The molecule has 80 valence electrons. The van der Waals surface area contributed by atoms with Crippen molar-refractivity contribution in [1.82, 2.24) is 20.0 Å². The molecule has 0 amide bonds. The summed E-state index contributed by atoms with van der Waals surface area (Å²) in [5.74, 6) is 0. The van der Waals surface area contributed by atoms with Crippen LogP contribution in [0.3, 0.4) is 0 Å². The topological polar surface area (TPSA) is 63.8 Å². The lowest BCUT2D eigenvalue weighted by Gasteiger charge is -1.94. The zero-order valence-corrected chi connectivity index (χ0v) is 9.24. The van der Waals surface area contributed by atoms with Crippen molar-refractivity contribution < 1.29 is 5.11 Å². The standard InChI is InChI=1S/C9H12N4OS/c1-7-6-15-9(10-7)5-13-4-8(2-3-14)11-12-13/h4,6,14H,2-3,5H2,1H3. The van der Waals surface area contributed by atoms with Gasteiger partial charge in [0.25, 0.3) is 0 Å². The first kappa shape index (κ1) is 10.3. The number of aromatic nitrogens is 4. The molecule has 2 heterocycles. The average Bonchev–Trinajstić information content (AvgIpc) is 2.78. The van der Waals surface area contributed by atoms with E-state index in [9.17, 15) is 0 Å². The Morgan fingerprint density at radius 2 is 2.40 bits per heavy atom. The molecular weight excluding hydrogens is 212 g/mol. The number of nitrogens with zero attached hydrogens (tertiary/aromatic N) is 4. The fourth-order valence-corrected chi connectivity index (χ4v) is 2.02. The third-order valence-electron chi connectivity index (χ3n) is 1.92. The van der Waals surface area contributed by atoms with Crippen LogP contribution in [0.2, 0.25) is 0 Å². The van der Waals surface area contributed by atoms with E-state index in [4.69, 9.17) is 5.11 Å². The predicted octanol–water partition coefficient (Wildman–Crippen LogP) is 0.626. The van der Waals surface area contributed by atoms with E-state index in [2.05, 4.69) is 15.3 Å². The third kappa shape index (κ3) is 2.60. The fourth-order valence-electron chi connectivity index (χ4n) is 1.26. The number of aliphatic hydroxyl groups excluding tert-OH is 1. The summed E-state index contributed by atoms with van der Waals surface area (Å²) in [4.78, 5) is 4.34. The van der Waals surface area contributed by atoms with Crippen molar-refractivity contribution in [3.8, 4) is 0 Å². The lowest BCUT2D eigenvalue weighted by molar-refractivity contribution is 0.298. The molecule has 5 nitrogen and oxygen atoms in total. The summed E-state index contributed by atoms with van der Waals surface area (Å²) in [6, 6.07) is 0. The highest BCUT2D eigenvalue weighted by Gasteiger charge is 2.03. The largest absolute Gasteiger partial charge is 0.396 e. The number of rotatable bonds is 4. The number of hydrogen-bond acceptors (Lipinski definition) is 5. The molecule has 15 heavy (non-hydrogen) atoms. The normalized spacial score (nSPS) is 10.8. The number of hydrogen-bond donors (Lipinski definition) is 1. The van der Waals surface area contributed by atoms with Gasteiger partial charge in [-0.05, 0) is 6.92 Å². The smallest absolute Gasteiger partial charge is 0.114 e. The third-order valence-corrected chi connectivity index (χ3v) is 2.87. The Bertz CT molecular complexity index is 437. The maximum atomic E-state index is 8.73. The molecular formula is C9H12N4OS. The highest BCUT2D eigenvalue weighted by Crippen LogP contribution is 2.09. The van der Waals surface area contributed by atoms with Crippen molar-refractivity contribution in [2.24, 2.45) is 0 Å². The Morgan fingerprint density at radius 1 is 1.53 bits per heavy atom. The second-order valence-electron chi connectivity index (χ2n) is 3.26. The van der Waals surface area contributed by atoms with Crippen LogP contribution in [0.1, 0.15) is 16.4 Å². The molecule has 2 aromatic heterocycles. The van der Waals surface area contributed by atoms with Crippen molar-refractivity contribution >= 4 is 11.3 Å². The fraction of sp³-hybridized carbons (Fsp3) is 0.444. The van der Waals surface area contributed by atoms with E-state index in [1.54, 1.807) is 16.0 Å². The van der Waals surface area contributed by atoms with Crippen LogP contribution in [0.4, 0.5) is 0 Å². The molecule has 6 heteroatoms. The van der Waals surface area contributed by atoms with E-state index in [1.165, 1.54) is 0 Å². The number of thiazole rings is 1. The van der Waals surface area contributed by atoms with E-state index in [0.717, 1.165) is 16.4 Å². The number of aryl methyl sites for hydroxylation is 1. The molecule has 1 N–H and O–H groups in total. The highest BCUT2D eigenvalue weighted by molar-refractivity contribution is 7.09. The maximum absolute atomic E-state index is 8.73. The van der Waals surface area contributed by atoms with Gasteiger partial charge >= 0.3 is 0 Å². The molecule has 0 saturated carbocycles. The molecule has 0 aliphatic rings. The molecule has 2 rings (SSSR count). The maximum Gasteiger partial charge on any atom is 0.114 e. The number of aliphatic hydroxyl groups is 1. The van der Waals surface area contributed by atoms with E-state index in [-0.39, 0.29) is 6.61 Å². The van der Waals surface area contributed by atoms with Crippen LogP contribution in [0.15, 0.2) is 11.6 Å². The minimum atomic E-state index is 0.106. The zero-order valence-electron chi connectivity index (χ0n) is 8.42. The minimum absolute atomic E-state index is 0.106. The first-order chi connectivity index (χ1) is 7.28. The van der Waals surface area contributed by atoms with Gasteiger partial charge in [0.1, 0.15) is 5.01 Å². The second kappa shape index (κ2) is 4.50. The molecule has 0 saturated heterocycles. The van der Waals surface area contributed by atoms with Crippen molar-refractivity contribution in [2.75, 3.05) is 6.61 Å². The summed E-state index contributed by atoms with van der Waals surface area (Å²) >= 11 is 1.62. The van der Waals surface area contributed by atoms with Gasteiger partial charge in [-0.25, -0.2) is 9.67 Å². The first-order valence-corrected chi connectivity index (χ1v) is 5.57. The molecule has 0 bridgehead atoms. The monoisotopic (exact) mass is 224 g/mol. The summed E-state index contributed by atoms with van der Waals surface area (Å²) < 4.78 is 1.74. The molecule has 0 fully saturated rings. The summed E-state index contributed by atoms with van der Waals surface area (Å²) in [5, 5.41) is 19.7. The van der Waals surface area contributed by atoms with E-state index in [0.29, 0.717) is 13.0 Å². The van der Waals surface area contributed by atoms with Gasteiger partial charge in [-0.2, -0.15) is 0 Å². The minimum Gasteiger partial charge on any atom is -0.396 e. The van der Waals surface area contributed by atoms with E-state index < -0.39 is 0 Å². The van der Waals surface area contributed by atoms with Crippen molar-refractivity contribution in [2.45, 2.75) is 19.9 Å². The van der Waals surface area contributed by atoms with E-state index >= 15 is 0 Å². The van der Waals surface area contributed by atoms with Gasteiger partial charge < -0.3 is 5.11 Å². The van der Waals surface area contributed by atoms with Gasteiger partial charge in [-0.1, -0.05) is 5.21 Å². The lowest BCUT2D eigenvalue weighted by Crippen LogP contribution is -1.99. The van der Waals surface area contributed by atoms with Gasteiger partial charge in [0, 0.05) is 30.3 Å². The second-order valence-corrected chi connectivity index (χ2v) is 4.21. The van der Waals surface area contributed by atoms with Crippen molar-refractivity contribution in [3.63, 3.8) is 0 Å². The summed E-state index contributed by atoms with van der Waals surface area (Å²) in [6.07, 6.45) is 2.39. The van der Waals surface area contributed by atoms with Crippen molar-refractivity contribution in [3.05, 3.63) is 28.0 Å². The van der Waals surface area contributed by atoms with Crippen LogP contribution in [-0.2, 0) is 13.0 Å².